The number of carbonyl (C=O) groups excluding carboxylic acids is 1. The maximum atomic E-state index is 13.5. The quantitative estimate of drug-likeness (QED) is 0.795. The van der Waals surface area contributed by atoms with Crippen LogP contribution < -0.4 is 9.04 Å². The fourth-order valence-electron chi connectivity index (χ4n) is 3.67. The number of Topliss-reactive ketones (excluding diaryl/α,β-unsaturated/α-hetero) is 1. The molecule has 1 heterocycles. The van der Waals surface area contributed by atoms with Gasteiger partial charge in [0.15, 0.2) is 5.78 Å². The van der Waals surface area contributed by atoms with E-state index < -0.39 is 15.8 Å². The highest BCUT2D eigenvalue weighted by atomic mass is 32.2. The SMILES string of the molecule is O=C1CCN(S(=O)(=O)c2ccc(OC3CCCC3)cc2)c2ccc(F)cc21. The number of hydrogen-bond donors (Lipinski definition) is 0. The van der Waals surface area contributed by atoms with Gasteiger partial charge in [-0.2, -0.15) is 0 Å². The molecule has 0 saturated heterocycles. The minimum absolute atomic E-state index is 0.0263. The van der Waals surface area contributed by atoms with Crippen molar-refractivity contribution >= 4 is 21.5 Å². The number of carbonyl (C=O) groups is 1. The summed E-state index contributed by atoms with van der Waals surface area (Å²) in [6.07, 6.45) is 4.58. The van der Waals surface area contributed by atoms with Gasteiger partial charge in [0.2, 0.25) is 0 Å². The molecule has 5 nitrogen and oxygen atoms in total. The zero-order chi connectivity index (χ0) is 19.0. The van der Waals surface area contributed by atoms with Crippen molar-refractivity contribution in [1.29, 1.82) is 0 Å². The van der Waals surface area contributed by atoms with Crippen molar-refractivity contribution < 1.29 is 22.3 Å². The van der Waals surface area contributed by atoms with Gasteiger partial charge in [0.05, 0.1) is 16.7 Å². The Hall–Kier alpha value is -2.41. The van der Waals surface area contributed by atoms with Crippen LogP contribution in [-0.2, 0) is 10.0 Å². The average Bonchev–Trinajstić information content (AvgIpc) is 3.16. The highest BCUT2D eigenvalue weighted by Crippen LogP contribution is 2.33. The summed E-state index contributed by atoms with van der Waals surface area (Å²) in [5, 5.41) is 0. The molecule has 1 aliphatic carbocycles. The molecule has 7 heteroatoms. The van der Waals surface area contributed by atoms with Crippen LogP contribution >= 0.6 is 0 Å². The molecule has 0 radical (unpaired) electrons. The predicted molar refractivity (Wildman–Crippen MR) is 99.2 cm³/mol. The van der Waals surface area contributed by atoms with Crippen LogP contribution in [0.2, 0.25) is 0 Å². The van der Waals surface area contributed by atoms with Crippen LogP contribution in [0.15, 0.2) is 47.4 Å². The molecular weight excluding hydrogens is 369 g/mol. The van der Waals surface area contributed by atoms with E-state index >= 15 is 0 Å². The van der Waals surface area contributed by atoms with Crippen molar-refractivity contribution in [2.75, 3.05) is 10.8 Å². The van der Waals surface area contributed by atoms with E-state index in [1.807, 2.05) is 0 Å². The number of rotatable bonds is 4. The molecule has 0 N–H and O–H groups in total. The van der Waals surface area contributed by atoms with Crippen LogP contribution in [0.5, 0.6) is 5.75 Å². The number of ether oxygens (including phenoxy) is 1. The van der Waals surface area contributed by atoms with Crippen molar-refractivity contribution in [2.24, 2.45) is 0 Å². The van der Waals surface area contributed by atoms with E-state index in [0.717, 1.165) is 31.7 Å². The molecule has 1 fully saturated rings. The summed E-state index contributed by atoms with van der Waals surface area (Å²) in [4.78, 5) is 12.2. The molecule has 27 heavy (non-hydrogen) atoms. The summed E-state index contributed by atoms with van der Waals surface area (Å²) in [5.74, 6) is -0.164. The van der Waals surface area contributed by atoms with Crippen LogP contribution in [0, 0.1) is 5.82 Å². The van der Waals surface area contributed by atoms with Crippen LogP contribution in [0.4, 0.5) is 10.1 Å². The number of sulfonamides is 1. The lowest BCUT2D eigenvalue weighted by atomic mass is 10.0. The van der Waals surface area contributed by atoms with Gasteiger partial charge >= 0.3 is 0 Å². The largest absolute Gasteiger partial charge is 0.490 e. The molecular formula is C20H20FNO4S. The summed E-state index contributed by atoms with van der Waals surface area (Å²) < 4.78 is 46.7. The average molecular weight is 389 g/mol. The number of ketones is 1. The lowest BCUT2D eigenvalue weighted by molar-refractivity contribution is 0.0981. The second-order valence-corrected chi connectivity index (χ2v) is 8.77. The Morgan fingerprint density at radius 3 is 2.44 bits per heavy atom. The molecule has 0 atom stereocenters. The molecule has 0 spiro atoms. The van der Waals surface area contributed by atoms with Crippen LogP contribution in [0.25, 0.3) is 0 Å². The lowest BCUT2D eigenvalue weighted by Crippen LogP contribution is -2.37. The van der Waals surface area contributed by atoms with E-state index in [1.54, 1.807) is 12.1 Å². The maximum Gasteiger partial charge on any atom is 0.264 e. The summed E-state index contributed by atoms with van der Waals surface area (Å²) in [6, 6.07) is 9.95. The molecule has 2 aromatic carbocycles. The number of fused-ring (bicyclic) bond motifs is 1. The summed E-state index contributed by atoms with van der Waals surface area (Å²) >= 11 is 0. The molecule has 1 saturated carbocycles. The van der Waals surface area contributed by atoms with E-state index in [4.69, 9.17) is 4.74 Å². The third-order valence-corrected chi connectivity index (χ3v) is 6.91. The molecule has 4 rings (SSSR count). The minimum atomic E-state index is -3.85. The second-order valence-electron chi connectivity index (χ2n) is 6.91. The van der Waals surface area contributed by atoms with Crippen molar-refractivity contribution in [3.05, 3.63) is 53.8 Å². The first-order chi connectivity index (χ1) is 12.9. The number of nitrogens with zero attached hydrogens (tertiary/aromatic N) is 1. The van der Waals surface area contributed by atoms with Gasteiger partial charge in [0.25, 0.3) is 10.0 Å². The van der Waals surface area contributed by atoms with Crippen LogP contribution in [0.1, 0.15) is 42.5 Å². The Labute approximate surface area is 157 Å². The third-order valence-electron chi connectivity index (χ3n) is 5.09. The first kappa shape index (κ1) is 18.0. The van der Waals surface area contributed by atoms with Gasteiger partial charge in [-0.3, -0.25) is 9.10 Å². The monoisotopic (exact) mass is 389 g/mol. The van der Waals surface area contributed by atoms with E-state index in [2.05, 4.69) is 0 Å². The third kappa shape index (κ3) is 3.43. The van der Waals surface area contributed by atoms with Gasteiger partial charge in [0, 0.05) is 18.5 Å². The number of hydrogen-bond acceptors (Lipinski definition) is 4. The Morgan fingerprint density at radius 2 is 1.74 bits per heavy atom. The number of halogens is 1. The molecule has 0 aromatic heterocycles. The molecule has 0 bridgehead atoms. The second kappa shape index (κ2) is 6.96. The first-order valence-electron chi connectivity index (χ1n) is 9.07. The predicted octanol–water partition coefficient (Wildman–Crippen LogP) is 3.93. The Morgan fingerprint density at radius 1 is 1.04 bits per heavy atom. The standard InChI is InChI=1S/C20H20FNO4S/c21-14-5-10-19-18(13-14)20(23)11-12-22(19)27(24,25)17-8-6-16(7-9-17)26-15-3-1-2-4-15/h5-10,13,15H,1-4,11-12H2. The van der Waals surface area contributed by atoms with Gasteiger partial charge in [-0.05, 0) is 68.1 Å². The summed E-state index contributed by atoms with van der Waals surface area (Å²) in [7, 11) is -3.85. The molecule has 2 aliphatic rings. The van der Waals surface area contributed by atoms with Gasteiger partial charge in [-0.25, -0.2) is 12.8 Å². The lowest BCUT2D eigenvalue weighted by Gasteiger charge is -2.29. The van der Waals surface area contributed by atoms with Gasteiger partial charge < -0.3 is 4.74 Å². The summed E-state index contributed by atoms with van der Waals surface area (Å²) in [5.41, 5.74) is 0.324. The first-order valence-corrected chi connectivity index (χ1v) is 10.5. The molecule has 0 unspecified atom stereocenters. The fraction of sp³-hybridized carbons (Fsp3) is 0.350. The number of anilines is 1. The topological polar surface area (TPSA) is 63.7 Å². The zero-order valence-corrected chi connectivity index (χ0v) is 15.5. The summed E-state index contributed by atoms with van der Waals surface area (Å²) in [6.45, 7) is 0.0418. The normalized spacial score (nSPS) is 17.8. The Bertz CT molecular complexity index is 966. The molecule has 0 amide bonds. The number of benzene rings is 2. The van der Waals surface area contributed by atoms with Crippen LogP contribution in [-0.4, -0.2) is 26.8 Å². The highest BCUT2D eigenvalue weighted by Gasteiger charge is 2.32. The smallest absolute Gasteiger partial charge is 0.264 e. The Kier molecular flexibility index (Phi) is 4.63. The molecule has 2 aromatic rings. The Balaban J connectivity index is 1.62. The molecule has 1 aliphatic heterocycles. The van der Waals surface area contributed by atoms with Crippen molar-refractivity contribution in [3.8, 4) is 5.75 Å². The highest BCUT2D eigenvalue weighted by molar-refractivity contribution is 7.92. The minimum Gasteiger partial charge on any atom is -0.490 e. The molecule has 142 valence electrons. The van der Waals surface area contributed by atoms with E-state index in [0.29, 0.717) is 5.75 Å². The van der Waals surface area contributed by atoms with Crippen molar-refractivity contribution in [2.45, 2.75) is 43.1 Å². The van der Waals surface area contributed by atoms with Gasteiger partial charge in [0.1, 0.15) is 11.6 Å². The van der Waals surface area contributed by atoms with Crippen molar-refractivity contribution in [1.82, 2.24) is 0 Å². The van der Waals surface area contributed by atoms with Crippen LogP contribution in [0.3, 0.4) is 0 Å². The van der Waals surface area contributed by atoms with Crippen molar-refractivity contribution in [3.63, 3.8) is 0 Å². The van der Waals surface area contributed by atoms with E-state index in [1.165, 1.54) is 28.6 Å². The van der Waals surface area contributed by atoms with Gasteiger partial charge in [-0.15, -0.1) is 0 Å². The maximum absolute atomic E-state index is 13.5. The fourth-order valence-corrected chi connectivity index (χ4v) is 5.16. The van der Waals surface area contributed by atoms with E-state index in [-0.39, 0.29) is 41.0 Å². The zero-order valence-electron chi connectivity index (χ0n) is 14.7. The van der Waals surface area contributed by atoms with E-state index in [9.17, 15) is 17.6 Å². The van der Waals surface area contributed by atoms with Gasteiger partial charge in [-0.1, -0.05) is 0 Å².